The summed E-state index contributed by atoms with van der Waals surface area (Å²) in [5, 5.41) is 31.3. The molecule has 8 nitrogen and oxygen atoms in total. The quantitative estimate of drug-likeness (QED) is 0.515. The molecule has 0 aliphatic carbocycles. The molecular weight excluding hydrogens is 354 g/mol. The number of aliphatic hydroxyl groups excluding tert-OH is 1. The predicted octanol–water partition coefficient (Wildman–Crippen LogP) is 1.36. The lowest BCUT2D eigenvalue weighted by Gasteiger charge is -2.12. The van der Waals surface area contributed by atoms with Gasteiger partial charge in [0.1, 0.15) is 16.7 Å². The third-order valence-corrected chi connectivity index (χ3v) is 3.77. The normalized spacial score (nSPS) is 10.7. The summed E-state index contributed by atoms with van der Waals surface area (Å²) in [5.41, 5.74) is 0.118. The number of ether oxygens (including phenoxy) is 1. The van der Waals surface area contributed by atoms with Crippen LogP contribution in [0.25, 0.3) is 22.3 Å². The van der Waals surface area contributed by atoms with Crippen molar-refractivity contribution in [1.82, 2.24) is 5.32 Å². The fraction of sp³-hybridized carbons (Fsp3) is 0.158. The lowest BCUT2D eigenvalue weighted by molar-refractivity contribution is -0.123. The average Bonchev–Trinajstić information content (AvgIpc) is 2.66. The van der Waals surface area contributed by atoms with E-state index in [1.807, 2.05) is 6.07 Å². The van der Waals surface area contributed by atoms with E-state index in [-0.39, 0.29) is 29.9 Å². The number of fused-ring (bicyclic) bond motifs is 1. The molecule has 27 heavy (non-hydrogen) atoms. The molecule has 0 saturated heterocycles. The third kappa shape index (κ3) is 3.85. The van der Waals surface area contributed by atoms with E-state index in [2.05, 4.69) is 5.32 Å². The van der Waals surface area contributed by atoms with Gasteiger partial charge in [0.15, 0.2) is 23.5 Å². The van der Waals surface area contributed by atoms with Crippen LogP contribution in [0.1, 0.15) is 0 Å². The minimum absolute atomic E-state index is 0.0200. The number of amides is 1. The highest BCUT2D eigenvalue weighted by Gasteiger charge is 2.20. The summed E-state index contributed by atoms with van der Waals surface area (Å²) >= 11 is 0. The summed E-state index contributed by atoms with van der Waals surface area (Å²) in [5.74, 6) is -1.78. The van der Waals surface area contributed by atoms with Gasteiger partial charge in [-0.3, -0.25) is 9.59 Å². The van der Waals surface area contributed by atoms with E-state index in [4.69, 9.17) is 14.3 Å². The van der Waals surface area contributed by atoms with Gasteiger partial charge in [-0.25, -0.2) is 0 Å². The van der Waals surface area contributed by atoms with Crippen LogP contribution in [0.2, 0.25) is 0 Å². The maximum Gasteiger partial charge on any atom is 0.258 e. The van der Waals surface area contributed by atoms with Crippen LogP contribution < -0.4 is 15.5 Å². The van der Waals surface area contributed by atoms with Gasteiger partial charge in [-0.1, -0.05) is 30.3 Å². The van der Waals surface area contributed by atoms with Crippen LogP contribution in [0.4, 0.5) is 0 Å². The topological polar surface area (TPSA) is 129 Å². The number of rotatable bonds is 6. The van der Waals surface area contributed by atoms with E-state index in [0.717, 1.165) is 6.07 Å². The van der Waals surface area contributed by atoms with Crippen molar-refractivity contribution in [3.8, 4) is 28.6 Å². The van der Waals surface area contributed by atoms with E-state index in [9.17, 15) is 19.8 Å². The number of aromatic hydroxyl groups is 2. The first-order valence-electron chi connectivity index (χ1n) is 8.10. The molecule has 1 aromatic heterocycles. The maximum absolute atomic E-state index is 12.5. The molecule has 1 heterocycles. The molecule has 0 aliphatic heterocycles. The first kappa shape index (κ1) is 18.3. The molecule has 0 unspecified atom stereocenters. The minimum Gasteiger partial charge on any atom is -0.504 e. The van der Waals surface area contributed by atoms with Crippen LogP contribution >= 0.6 is 0 Å². The summed E-state index contributed by atoms with van der Waals surface area (Å²) in [7, 11) is 0. The number of aliphatic hydroxyl groups is 1. The van der Waals surface area contributed by atoms with Crippen molar-refractivity contribution in [2.75, 3.05) is 19.8 Å². The predicted molar refractivity (Wildman–Crippen MR) is 96.8 cm³/mol. The molecule has 140 valence electrons. The number of phenols is 2. The van der Waals surface area contributed by atoms with Crippen molar-refractivity contribution in [2.24, 2.45) is 0 Å². The second-order valence-corrected chi connectivity index (χ2v) is 5.65. The molecule has 0 saturated carbocycles. The van der Waals surface area contributed by atoms with Crippen molar-refractivity contribution in [2.45, 2.75) is 0 Å². The standard InChI is InChI=1S/C19H17NO7/c21-7-6-20-16(24)10-26-19-13(23)9-15-17(18(19)25)12(22)8-14(27-15)11-4-2-1-3-5-11/h1-5,8-9,21,23,25H,6-7,10H2,(H,20,24). The molecule has 4 N–H and O–H groups in total. The molecule has 0 fully saturated rings. The zero-order chi connectivity index (χ0) is 19.4. The molecule has 0 aliphatic rings. The number of benzene rings is 2. The number of phenolic OH excluding ortho intramolecular Hbond substituents is 2. The SMILES string of the molecule is O=C(COc1c(O)cc2oc(-c3ccccc3)cc(=O)c2c1O)NCCO. The van der Waals surface area contributed by atoms with Gasteiger partial charge in [-0.05, 0) is 0 Å². The van der Waals surface area contributed by atoms with E-state index >= 15 is 0 Å². The van der Waals surface area contributed by atoms with Crippen LogP contribution in [-0.4, -0.2) is 41.0 Å². The summed E-state index contributed by atoms with van der Waals surface area (Å²) in [6, 6.07) is 11.3. The van der Waals surface area contributed by atoms with Gasteiger partial charge < -0.3 is 29.8 Å². The van der Waals surface area contributed by atoms with Crippen LogP contribution in [0.3, 0.4) is 0 Å². The smallest absolute Gasteiger partial charge is 0.258 e. The summed E-state index contributed by atoms with van der Waals surface area (Å²) in [6.07, 6.45) is 0. The summed E-state index contributed by atoms with van der Waals surface area (Å²) in [6.45, 7) is -0.702. The molecule has 0 atom stereocenters. The Morgan fingerprint density at radius 2 is 1.89 bits per heavy atom. The molecule has 0 radical (unpaired) electrons. The van der Waals surface area contributed by atoms with Gasteiger partial charge in [0, 0.05) is 24.2 Å². The summed E-state index contributed by atoms with van der Waals surface area (Å²) in [4.78, 5) is 24.0. The summed E-state index contributed by atoms with van der Waals surface area (Å²) < 4.78 is 10.8. The monoisotopic (exact) mass is 371 g/mol. The van der Waals surface area contributed by atoms with Crippen molar-refractivity contribution in [1.29, 1.82) is 0 Å². The maximum atomic E-state index is 12.5. The van der Waals surface area contributed by atoms with Crippen molar-refractivity contribution < 1.29 is 29.3 Å². The number of carbonyl (C=O) groups is 1. The van der Waals surface area contributed by atoms with Gasteiger partial charge >= 0.3 is 0 Å². The van der Waals surface area contributed by atoms with Crippen LogP contribution in [0, 0.1) is 0 Å². The fourth-order valence-corrected chi connectivity index (χ4v) is 2.54. The Hall–Kier alpha value is -3.52. The van der Waals surface area contributed by atoms with Crippen LogP contribution in [0.5, 0.6) is 17.2 Å². The molecule has 3 rings (SSSR count). The second kappa shape index (κ2) is 7.79. The van der Waals surface area contributed by atoms with Crippen molar-refractivity contribution in [3.63, 3.8) is 0 Å². The van der Waals surface area contributed by atoms with Crippen LogP contribution in [-0.2, 0) is 4.79 Å². The zero-order valence-electron chi connectivity index (χ0n) is 14.1. The van der Waals surface area contributed by atoms with E-state index in [1.165, 1.54) is 6.07 Å². The van der Waals surface area contributed by atoms with Gasteiger partial charge in [-0.2, -0.15) is 0 Å². The molecule has 0 bridgehead atoms. The van der Waals surface area contributed by atoms with Gasteiger partial charge in [0.05, 0.1) is 6.61 Å². The Morgan fingerprint density at radius 1 is 1.15 bits per heavy atom. The second-order valence-electron chi connectivity index (χ2n) is 5.65. The molecule has 3 aromatic rings. The van der Waals surface area contributed by atoms with E-state index in [0.29, 0.717) is 5.56 Å². The van der Waals surface area contributed by atoms with Gasteiger partial charge in [0.25, 0.3) is 5.91 Å². The molecule has 8 heteroatoms. The Balaban J connectivity index is 1.98. The first-order valence-corrected chi connectivity index (χ1v) is 8.10. The number of hydrogen-bond donors (Lipinski definition) is 4. The molecule has 0 spiro atoms. The third-order valence-electron chi connectivity index (χ3n) is 3.77. The lowest BCUT2D eigenvalue weighted by Crippen LogP contribution is -2.31. The zero-order valence-corrected chi connectivity index (χ0v) is 14.1. The number of hydrogen-bond acceptors (Lipinski definition) is 7. The average molecular weight is 371 g/mol. The Kier molecular flexibility index (Phi) is 5.28. The Bertz CT molecular complexity index is 1030. The highest BCUT2D eigenvalue weighted by atomic mass is 16.5. The fourth-order valence-electron chi connectivity index (χ4n) is 2.54. The van der Waals surface area contributed by atoms with Crippen LogP contribution in [0.15, 0.2) is 51.7 Å². The highest BCUT2D eigenvalue weighted by Crippen LogP contribution is 2.41. The van der Waals surface area contributed by atoms with E-state index in [1.54, 1.807) is 24.3 Å². The minimum atomic E-state index is -0.617. The van der Waals surface area contributed by atoms with Crippen molar-refractivity contribution >= 4 is 16.9 Å². The van der Waals surface area contributed by atoms with Gasteiger partial charge in [-0.15, -0.1) is 0 Å². The lowest BCUT2D eigenvalue weighted by atomic mass is 10.1. The largest absolute Gasteiger partial charge is 0.504 e. The van der Waals surface area contributed by atoms with Gasteiger partial charge in [0.2, 0.25) is 5.75 Å². The molecule has 2 aromatic carbocycles. The highest BCUT2D eigenvalue weighted by molar-refractivity contribution is 5.89. The number of nitrogens with one attached hydrogen (secondary N) is 1. The Morgan fingerprint density at radius 3 is 2.59 bits per heavy atom. The molecular formula is C19H17NO7. The number of carbonyl (C=O) groups excluding carboxylic acids is 1. The van der Waals surface area contributed by atoms with E-state index < -0.39 is 35.2 Å². The first-order chi connectivity index (χ1) is 13.0. The Labute approximate surface area is 153 Å². The molecule has 1 amide bonds. The van der Waals surface area contributed by atoms with Crippen molar-refractivity contribution in [3.05, 3.63) is 52.7 Å².